The van der Waals surface area contributed by atoms with Crippen molar-refractivity contribution in [1.29, 1.82) is 0 Å². The van der Waals surface area contributed by atoms with Crippen molar-refractivity contribution in [2.24, 2.45) is 0 Å². The summed E-state index contributed by atoms with van der Waals surface area (Å²) in [6, 6.07) is 16.7. The Kier molecular flexibility index (Phi) is 7.26. The summed E-state index contributed by atoms with van der Waals surface area (Å²) in [5.41, 5.74) is 2.33. The van der Waals surface area contributed by atoms with Gasteiger partial charge in [0.25, 0.3) is 5.91 Å². The first-order valence-corrected chi connectivity index (χ1v) is 11.3. The Morgan fingerprint density at radius 2 is 1.61 bits per heavy atom. The molecule has 0 fully saturated rings. The van der Waals surface area contributed by atoms with Crippen LogP contribution in [-0.2, 0) is 9.59 Å². The minimum atomic E-state index is -0.482. The van der Waals surface area contributed by atoms with E-state index in [9.17, 15) is 14.4 Å². The fourth-order valence-electron chi connectivity index (χ4n) is 3.54. The number of hydrogen-bond donors (Lipinski definition) is 2. The molecule has 1 aromatic heterocycles. The van der Waals surface area contributed by atoms with Crippen LogP contribution in [-0.4, -0.2) is 25.5 Å². The van der Waals surface area contributed by atoms with Crippen LogP contribution in [0.2, 0.25) is 5.02 Å². The highest BCUT2D eigenvalue weighted by molar-refractivity contribution is 6.32. The molecule has 2 N–H and O–H groups in total. The molecule has 0 radical (unpaired) electrons. The van der Waals surface area contributed by atoms with Crippen molar-refractivity contribution in [3.63, 3.8) is 0 Å². The number of rotatable bonds is 7. The molecule has 4 aromatic rings. The number of methoxy groups -OCH3 is 1. The lowest BCUT2D eigenvalue weighted by Gasteiger charge is -2.13. The molecule has 0 saturated carbocycles. The van der Waals surface area contributed by atoms with Crippen LogP contribution in [0.1, 0.15) is 12.5 Å². The second kappa shape index (κ2) is 10.5. The normalized spacial score (nSPS) is 10.7. The maximum Gasteiger partial charge on any atom is 0.262 e. The molecule has 9 heteroatoms. The van der Waals surface area contributed by atoms with Crippen LogP contribution in [0.15, 0.2) is 69.9 Å². The lowest BCUT2D eigenvalue weighted by atomic mass is 10.1. The van der Waals surface area contributed by atoms with Crippen LogP contribution >= 0.6 is 11.6 Å². The van der Waals surface area contributed by atoms with E-state index >= 15 is 0 Å². The fourth-order valence-corrected chi connectivity index (χ4v) is 3.70. The largest absolute Gasteiger partial charge is 0.497 e. The number of fused-ring (bicyclic) bond motifs is 1. The van der Waals surface area contributed by atoms with E-state index in [1.807, 2.05) is 6.92 Å². The molecule has 0 spiro atoms. The number of amides is 2. The highest BCUT2D eigenvalue weighted by Gasteiger charge is 2.20. The summed E-state index contributed by atoms with van der Waals surface area (Å²) in [6.45, 7) is 2.78. The highest BCUT2D eigenvalue weighted by Crippen LogP contribution is 2.33. The summed E-state index contributed by atoms with van der Waals surface area (Å²) in [5.74, 6) is 0.0341. The summed E-state index contributed by atoms with van der Waals surface area (Å²) in [7, 11) is 1.55. The first-order chi connectivity index (χ1) is 17.2. The third kappa shape index (κ3) is 5.50. The van der Waals surface area contributed by atoms with E-state index in [0.717, 1.165) is 5.56 Å². The Morgan fingerprint density at radius 3 is 2.22 bits per heavy atom. The lowest BCUT2D eigenvalue weighted by Crippen LogP contribution is -2.22. The van der Waals surface area contributed by atoms with Crippen LogP contribution in [0, 0.1) is 6.92 Å². The minimum absolute atomic E-state index is 0.108. The van der Waals surface area contributed by atoms with Gasteiger partial charge in [-0.15, -0.1) is 0 Å². The molecule has 4 rings (SSSR count). The van der Waals surface area contributed by atoms with Crippen LogP contribution < -0.4 is 25.5 Å². The Balaban J connectivity index is 1.63. The molecule has 184 valence electrons. The maximum absolute atomic E-state index is 13.4. The number of aryl methyl sites for hydroxylation is 1. The molecular formula is C27H23ClN2O6. The van der Waals surface area contributed by atoms with Gasteiger partial charge in [-0.3, -0.25) is 14.4 Å². The van der Waals surface area contributed by atoms with Crippen LogP contribution in [0.25, 0.3) is 22.3 Å². The third-order valence-corrected chi connectivity index (χ3v) is 5.73. The van der Waals surface area contributed by atoms with Crippen molar-refractivity contribution in [3.8, 4) is 22.8 Å². The van der Waals surface area contributed by atoms with Crippen molar-refractivity contribution in [1.82, 2.24) is 0 Å². The van der Waals surface area contributed by atoms with Crippen LogP contribution in [0.4, 0.5) is 11.4 Å². The van der Waals surface area contributed by atoms with E-state index < -0.39 is 17.9 Å². The van der Waals surface area contributed by atoms with Gasteiger partial charge in [-0.05, 0) is 73.2 Å². The number of hydrogen-bond acceptors (Lipinski definition) is 6. The molecule has 0 aliphatic carbocycles. The van der Waals surface area contributed by atoms with Gasteiger partial charge in [0, 0.05) is 28.9 Å². The van der Waals surface area contributed by atoms with Crippen molar-refractivity contribution in [2.45, 2.75) is 13.8 Å². The molecule has 2 amide bonds. The van der Waals surface area contributed by atoms with E-state index in [-0.39, 0.29) is 22.8 Å². The van der Waals surface area contributed by atoms with E-state index in [2.05, 4.69) is 10.6 Å². The fraction of sp³-hybridized carbons (Fsp3) is 0.148. The number of carbonyl (C=O) groups excluding carboxylic acids is 2. The number of anilines is 2. The van der Waals surface area contributed by atoms with E-state index in [1.54, 1.807) is 61.7 Å². The standard InChI is InChI=1S/C27H23ClN2O6/c1-15-12-23-21(13-22(15)28)25(33)27(26(36-23)17-4-10-20(34-3)11-5-17)35-14-24(32)30-19-8-6-18(7-9-19)29-16(2)31/h4-13H,14H2,1-3H3,(H,29,31)(H,30,32). The smallest absolute Gasteiger partial charge is 0.262 e. The number of benzene rings is 3. The van der Waals surface area contributed by atoms with Gasteiger partial charge in [-0.25, -0.2) is 0 Å². The van der Waals surface area contributed by atoms with Gasteiger partial charge in [-0.1, -0.05) is 11.6 Å². The SMILES string of the molecule is COc1ccc(-c2oc3cc(C)c(Cl)cc3c(=O)c2OCC(=O)Nc2ccc(NC(C)=O)cc2)cc1. The average Bonchev–Trinajstić information content (AvgIpc) is 2.85. The lowest BCUT2D eigenvalue weighted by molar-refractivity contribution is -0.118. The van der Waals surface area contributed by atoms with Crippen molar-refractivity contribution >= 4 is 45.8 Å². The van der Waals surface area contributed by atoms with Gasteiger partial charge in [0.05, 0.1) is 12.5 Å². The minimum Gasteiger partial charge on any atom is -0.497 e. The number of carbonyl (C=O) groups is 2. The molecule has 0 saturated heterocycles. The van der Waals surface area contributed by atoms with E-state index in [1.165, 1.54) is 13.0 Å². The van der Waals surface area contributed by atoms with Gasteiger partial charge in [0.15, 0.2) is 12.4 Å². The third-order valence-electron chi connectivity index (χ3n) is 5.32. The molecular weight excluding hydrogens is 484 g/mol. The highest BCUT2D eigenvalue weighted by atomic mass is 35.5. The molecule has 3 aromatic carbocycles. The van der Waals surface area contributed by atoms with Gasteiger partial charge in [0.1, 0.15) is 11.3 Å². The maximum atomic E-state index is 13.4. The zero-order chi connectivity index (χ0) is 25.8. The Bertz CT molecular complexity index is 1490. The zero-order valence-electron chi connectivity index (χ0n) is 19.8. The molecule has 0 aliphatic heterocycles. The number of halogens is 1. The van der Waals surface area contributed by atoms with E-state index in [4.69, 9.17) is 25.5 Å². The summed E-state index contributed by atoms with van der Waals surface area (Å²) >= 11 is 6.24. The summed E-state index contributed by atoms with van der Waals surface area (Å²) in [6.07, 6.45) is 0. The van der Waals surface area contributed by atoms with Gasteiger partial charge >= 0.3 is 0 Å². The Hall–Kier alpha value is -4.30. The van der Waals surface area contributed by atoms with Crippen molar-refractivity contribution < 1.29 is 23.5 Å². The summed E-state index contributed by atoms with van der Waals surface area (Å²) in [5, 5.41) is 6.00. The summed E-state index contributed by atoms with van der Waals surface area (Å²) < 4.78 is 17.0. The first-order valence-electron chi connectivity index (χ1n) is 11.0. The Labute approximate surface area is 211 Å². The zero-order valence-corrected chi connectivity index (χ0v) is 20.6. The van der Waals surface area contributed by atoms with Crippen LogP contribution in [0.5, 0.6) is 11.5 Å². The number of ether oxygens (including phenoxy) is 2. The Morgan fingerprint density at radius 1 is 0.972 bits per heavy atom. The van der Waals surface area contributed by atoms with Crippen molar-refractivity contribution in [3.05, 3.63) is 81.5 Å². The molecule has 1 heterocycles. The van der Waals surface area contributed by atoms with Crippen molar-refractivity contribution in [2.75, 3.05) is 24.4 Å². The van der Waals surface area contributed by atoms with E-state index in [0.29, 0.717) is 33.3 Å². The molecule has 0 unspecified atom stereocenters. The first kappa shape index (κ1) is 24.8. The monoisotopic (exact) mass is 506 g/mol. The van der Waals surface area contributed by atoms with Gasteiger partial charge in [0.2, 0.25) is 17.1 Å². The second-order valence-corrected chi connectivity index (χ2v) is 8.42. The molecule has 36 heavy (non-hydrogen) atoms. The quantitative estimate of drug-likeness (QED) is 0.347. The topological polar surface area (TPSA) is 107 Å². The van der Waals surface area contributed by atoms with Gasteiger partial charge in [-0.2, -0.15) is 0 Å². The predicted molar refractivity (Wildman–Crippen MR) is 139 cm³/mol. The molecule has 0 bridgehead atoms. The average molecular weight is 507 g/mol. The molecule has 0 atom stereocenters. The second-order valence-electron chi connectivity index (χ2n) is 8.01. The number of nitrogens with one attached hydrogen (secondary N) is 2. The van der Waals surface area contributed by atoms with Crippen LogP contribution in [0.3, 0.4) is 0 Å². The molecule has 0 aliphatic rings. The summed E-state index contributed by atoms with van der Waals surface area (Å²) in [4.78, 5) is 37.1. The molecule has 8 nitrogen and oxygen atoms in total. The predicted octanol–water partition coefficient (Wildman–Crippen LogP) is 5.41. The van der Waals surface area contributed by atoms with Gasteiger partial charge < -0.3 is 24.5 Å².